The lowest BCUT2D eigenvalue weighted by Crippen LogP contribution is -2.42. The van der Waals surface area contributed by atoms with Gasteiger partial charge >= 0.3 is 6.09 Å². The molecule has 3 aromatic rings. The number of Topliss-reactive ketones (excluding diaryl/α,β-unsaturated/α-hetero) is 1. The van der Waals surface area contributed by atoms with Crippen LogP contribution in [0.3, 0.4) is 0 Å². The predicted molar refractivity (Wildman–Crippen MR) is 137 cm³/mol. The number of nitrogens with zero attached hydrogens (tertiary/aromatic N) is 1. The Hall–Kier alpha value is -3.60. The molecule has 3 aromatic carbocycles. The highest BCUT2D eigenvalue weighted by Crippen LogP contribution is 2.48. The van der Waals surface area contributed by atoms with E-state index in [2.05, 4.69) is 52.7 Å². The molecule has 1 aliphatic carbocycles. The summed E-state index contributed by atoms with van der Waals surface area (Å²) in [7, 11) is 0. The second-order valence-corrected chi connectivity index (χ2v) is 9.52. The van der Waals surface area contributed by atoms with Crippen LogP contribution in [0.15, 0.2) is 84.9 Å². The standard InChI is InChI=1S/C30H32N2O3/c33-29-24(14-9-19-31-30(34)35-21-23-12-5-2-6-13-23)17-18-27-28(29)25-15-7-8-16-26(25)32(27)20-22-10-3-1-4-11-22/h1-8,10-13,15-16,24,27-28H,9,14,17-21H2,(H,31,34)/t24-,27?,28?/m1/s1. The Morgan fingerprint density at radius 3 is 2.34 bits per heavy atom. The number of benzene rings is 3. The largest absolute Gasteiger partial charge is 0.445 e. The number of amides is 1. The lowest BCUT2D eigenvalue weighted by Gasteiger charge is -2.36. The zero-order valence-corrected chi connectivity index (χ0v) is 19.9. The van der Waals surface area contributed by atoms with Gasteiger partial charge in [-0.15, -0.1) is 0 Å². The first-order valence-corrected chi connectivity index (χ1v) is 12.6. The van der Waals surface area contributed by atoms with Crippen LogP contribution in [0.25, 0.3) is 0 Å². The molecule has 0 saturated heterocycles. The molecule has 0 aromatic heterocycles. The van der Waals surface area contributed by atoms with Gasteiger partial charge in [-0.3, -0.25) is 4.79 Å². The second-order valence-electron chi connectivity index (χ2n) is 9.52. The third-order valence-corrected chi connectivity index (χ3v) is 7.29. The summed E-state index contributed by atoms with van der Waals surface area (Å²) in [6.07, 6.45) is 3.06. The third kappa shape index (κ3) is 5.24. The number of hydrogen-bond acceptors (Lipinski definition) is 4. The quantitative estimate of drug-likeness (QED) is 0.422. The van der Waals surface area contributed by atoms with Crippen LogP contribution < -0.4 is 10.2 Å². The van der Waals surface area contributed by atoms with E-state index in [4.69, 9.17) is 4.74 Å². The number of ketones is 1. The van der Waals surface area contributed by atoms with Crippen molar-refractivity contribution >= 4 is 17.6 Å². The topological polar surface area (TPSA) is 58.6 Å². The van der Waals surface area contributed by atoms with Gasteiger partial charge in [0.15, 0.2) is 0 Å². The van der Waals surface area contributed by atoms with Gasteiger partial charge in [0, 0.05) is 30.7 Å². The average molecular weight is 469 g/mol. The van der Waals surface area contributed by atoms with Gasteiger partial charge in [-0.05, 0) is 48.4 Å². The van der Waals surface area contributed by atoms with E-state index in [-0.39, 0.29) is 24.5 Å². The van der Waals surface area contributed by atoms with Gasteiger partial charge in [-0.25, -0.2) is 4.79 Å². The smallest absolute Gasteiger partial charge is 0.407 e. The first kappa shape index (κ1) is 23.2. The molecule has 0 spiro atoms. The summed E-state index contributed by atoms with van der Waals surface area (Å²) in [4.78, 5) is 28.1. The van der Waals surface area contributed by atoms with Crippen LogP contribution in [0.4, 0.5) is 10.5 Å². The Morgan fingerprint density at radius 1 is 0.886 bits per heavy atom. The average Bonchev–Trinajstić information content (AvgIpc) is 3.22. The number of carbonyl (C=O) groups is 2. The molecule has 5 heteroatoms. The number of fused-ring (bicyclic) bond motifs is 3. The molecule has 1 heterocycles. The summed E-state index contributed by atoms with van der Waals surface area (Å²) in [5.41, 5.74) is 4.60. The van der Waals surface area contributed by atoms with Crippen molar-refractivity contribution in [1.82, 2.24) is 5.32 Å². The lowest BCUT2D eigenvalue weighted by atomic mass is 9.74. The molecule has 35 heavy (non-hydrogen) atoms. The molecule has 0 radical (unpaired) electrons. The highest BCUT2D eigenvalue weighted by molar-refractivity contribution is 5.93. The van der Waals surface area contributed by atoms with Crippen molar-refractivity contribution < 1.29 is 14.3 Å². The molecule has 2 unspecified atom stereocenters. The van der Waals surface area contributed by atoms with E-state index in [0.717, 1.165) is 37.8 Å². The SMILES string of the molecule is O=C(NCCC[C@@H]1CCC2C(C1=O)c1ccccc1N2Cc1ccccc1)OCc1ccccc1. The van der Waals surface area contributed by atoms with E-state index in [9.17, 15) is 9.59 Å². The van der Waals surface area contributed by atoms with E-state index in [1.807, 2.05) is 42.5 Å². The molecule has 1 saturated carbocycles. The van der Waals surface area contributed by atoms with Crippen LogP contribution in [0.5, 0.6) is 0 Å². The maximum absolute atomic E-state index is 13.6. The van der Waals surface area contributed by atoms with Gasteiger partial charge in [0.2, 0.25) is 0 Å². The fraction of sp³-hybridized carbons (Fsp3) is 0.333. The van der Waals surface area contributed by atoms with Crippen molar-refractivity contribution in [3.63, 3.8) is 0 Å². The maximum atomic E-state index is 13.6. The Bertz CT molecular complexity index is 1150. The van der Waals surface area contributed by atoms with E-state index < -0.39 is 6.09 Å². The first-order valence-electron chi connectivity index (χ1n) is 12.6. The minimum Gasteiger partial charge on any atom is -0.445 e. The third-order valence-electron chi connectivity index (χ3n) is 7.29. The fourth-order valence-corrected chi connectivity index (χ4v) is 5.59. The minimum absolute atomic E-state index is 0.0446. The number of anilines is 1. The summed E-state index contributed by atoms with van der Waals surface area (Å²) < 4.78 is 5.28. The van der Waals surface area contributed by atoms with Crippen LogP contribution in [0, 0.1) is 5.92 Å². The Kier molecular flexibility index (Phi) is 7.12. The lowest BCUT2D eigenvalue weighted by molar-refractivity contribution is -0.126. The molecule has 1 N–H and O–H groups in total. The number of para-hydroxylation sites is 1. The molecule has 1 fully saturated rings. The minimum atomic E-state index is -0.412. The zero-order chi connectivity index (χ0) is 24.0. The van der Waals surface area contributed by atoms with Crippen molar-refractivity contribution in [2.75, 3.05) is 11.4 Å². The molecule has 5 rings (SSSR count). The first-order chi connectivity index (χ1) is 17.2. The summed E-state index contributed by atoms with van der Waals surface area (Å²) in [5, 5.41) is 2.82. The molecule has 3 atom stereocenters. The highest BCUT2D eigenvalue weighted by Gasteiger charge is 2.47. The van der Waals surface area contributed by atoms with Crippen LogP contribution >= 0.6 is 0 Å². The van der Waals surface area contributed by atoms with Crippen LogP contribution in [-0.2, 0) is 22.7 Å². The Morgan fingerprint density at radius 2 is 1.57 bits per heavy atom. The number of nitrogens with one attached hydrogen (secondary N) is 1. The summed E-state index contributed by atoms with van der Waals surface area (Å²) in [5.74, 6) is 0.344. The van der Waals surface area contributed by atoms with Gasteiger partial charge in [0.05, 0.1) is 5.92 Å². The van der Waals surface area contributed by atoms with Crippen LogP contribution in [0.1, 0.15) is 48.3 Å². The molecular formula is C30H32N2O3. The number of hydrogen-bond donors (Lipinski definition) is 1. The van der Waals surface area contributed by atoms with Crippen LogP contribution in [-0.4, -0.2) is 24.5 Å². The van der Waals surface area contributed by atoms with Crippen molar-refractivity contribution in [2.24, 2.45) is 5.92 Å². The maximum Gasteiger partial charge on any atom is 0.407 e. The monoisotopic (exact) mass is 468 g/mol. The fourth-order valence-electron chi connectivity index (χ4n) is 5.59. The van der Waals surface area contributed by atoms with E-state index in [1.54, 1.807) is 0 Å². The number of rotatable bonds is 8. The number of carbonyl (C=O) groups excluding carboxylic acids is 2. The zero-order valence-electron chi connectivity index (χ0n) is 19.9. The molecule has 1 aliphatic heterocycles. The van der Waals surface area contributed by atoms with E-state index in [0.29, 0.717) is 12.3 Å². The molecular weight excluding hydrogens is 436 g/mol. The number of ether oxygens (including phenoxy) is 1. The summed E-state index contributed by atoms with van der Waals surface area (Å²) >= 11 is 0. The molecule has 0 bridgehead atoms. The van der Waals surface area contributed by atoms with Crippen LogP contribution in [0.2, 0.25) is 0 Å². The van der Waals surface area contributed by atoms with Gasteiger partial charge in [0.1, 0.15) is 12.4 Å². The van der Waals surface area contributed by atoms with Crippen molar-refractivity contribution in [3.8, 4) is 0 Å². The van der Waals surface area contributed by atoms with Gasteiger partial charge < -0.3 is 15.0 Å². The van der Waals surface area contributed by atoms with Gasteiger partial charge in [-0.1, -0.05) is 78.9 Å². The Labute approximate surface area is 207 Å². The normalized spacial score (nSPS) is 20.7. The van der Waals surface area contributed by atoms with Crippen molar-refractivity contribution in [2.45, 2.75) is 50.8 Å². The van der Waals surface area contributed by atoms with E-state index in [1.165, 1.54) is 16.8 Å². The van der Waals surface area contributed by atoms with E-state index >= 15 is 0 Å². The number of alkyl carbamates (subject to hydrolysis) is 1. The summed E-state index contributed by atoms with van der Waals surface area (Å²) in [6.45, 7) is 1.60. The molecule has 1 amide bonds. The molecule has 5 nitrogen and oxygen atoms in total. The summed E-state index contributed by atoms with van der Waals surface area (Å²) in [6, 6.07) is 28.7. The molecule has 2 aliphatic rings. The second kappa shape index (κ2) is 10.8. The Balaban J connectivity index is 1.15. The van der Waals surface area contributed by atoms with Gasteiger partial charge in [0.25, 0.3) is 0 Å². The van der Waals surface area contributed by atoms with Crippen molar-refractivity contribution in [1.29, 1.82) is 0 Å². The molecule has 180 valence electrons. The highest BCUT2D eigenvalue weighted by atomic mass is 16.5. The van der Waals surface area contributed by atoms with Crippen molar-refractivity contribution in [3.05, 3.63) is 102 Å². The van der Waals surface area contributed by atoms with Gasteiger partial charge in [-0.2, -0.15) is 0 Å². The predicted octanol–water partition coefficient (Wildman–Crippen LogP) is 5.84.